The van der Waals surface area contributed by atoms with Crippen LogP contribution >= 0.6 is 0 Å². The highest BCUT2D eigenvalue weighted by Crippen LogP contribution is 2.19. The minimum Gasteiger partial charge on any atom is -0.492 e. The molecule has 2 rings (SSSR count). The van der Waals surface area contributed by atoms with E-state index in [1.165, 1.54) is 24.3 Å². The summed E-state index contributed by atoms with van der Waals surface area (Å²) in [5.41, 5.74) is 0.161. The smallest absolute Gasteiger partial charge is 0.335 e. The van der Waals surface area contributed by atoms with Gasteiger partial charge in [-0.1, -0.05) is 0 Å². The monoisotopic (exact) mass is 327 g/mol. The zero-order valence-corrected chi connectivity index (χ0v) is 12.4. The summed E-state index contributed by atoms with van der Waals surface area (Å²) in [7, 11) is 0. The molecule has 1 aliphatic heterocycles. The number of β-amino-alcohol motifs (C(OH)–C–C–N with tert-alkyl or cyclic N) is 1. The maximum atomic E-state index is 10.8. The van der Waals surface area contributed by atoms with Crippen LogP contribution in [0.1, 0.15) is 10.4 Å². The number of hydrogen-bond donors (Lipinski definition) is 5. The molecule has 0 aliphatic carbocycles. The van der Waals surface area contributed by atoms with E-state index >= 15 is 0 Å². The van der Waals surface area contributed by atoms with E-state index in [2.05, 4.69) is 0 Å². The second-order valence-corrected chi connectivity index (χ2v) is 5.47. The second-order valence-electron chi connectivity index (χ2n) is 5.47. The quantitative estimate of drug-likeness (QED) is 0.428. The van der Waals surface area contributed by atoms with Crippen molar-refractivity contribution in [2.24, 2.45) is 0 Å². The average molecular weight is 327 g/mol. The van der Waals surface area contributed by atoms with Crippen molar-refractivity contribution in [3.05, 3.63) is 29.8 Å². The fraction of sp³-hybridized carbons (Fsp3) is 0.533. The number of piperidine rings is 1. The first kappa shape index (κ1) is 17.6. The van der Waals surface area contributed by atoms with Gasteiger partial charge < -0.3 is 30.3 Å². The Balaban J connectivity index is 1.88. The number of benzene rings is 1. The minimum atomic E-state index is -1.28. The molecule has 0 unspecified atom stereocenters. The third-order valence-corrected chi connectivity index (χ3v) is 3.96. The van der Waals surface area contributed by atoms with Gasteiger partial charge in [-0.2, -0.15) is 0 Å². The number of aliphatic hydroxyl groups is 4. The van der Waals surface area contributed by atoms with Crippen molar-refractivity contribution >= 4 is 5.97 Å². The lowest BCUT2D eigenvalue weighted by Gasteiger charge is -2.42. The minimum absolute atomic E-state index is 0.116. The normalized spacial score (nSPS) is 28.5. The van der Waals surface area contributed by atoms with E-state index in [0.717, 1.165) is 0 Å². The standard InChI is InChI=1S/C15H21NO7/c17-8-11-13(19)14(20)12(18)7-16(11)5-6-23-10-3-1-9(2-4-10)15(21)22/h1-4,11-14,17-20H,5-8H2,(H,21,22)/t11-,12+,13-,14-/m1/s1. The van der Waals surface area contributed by atoms with Crippen molar-refractivity contribution < 1.29 is 35.1 Å². The van der Waals surface area contributed by atoms with E-state index in [1.807, 2.05) is 0 Å². The first-order chi connectivity index (χ1) is 10.9. The Morgan fingerprint density at radius 2 is 1.83 bits per heavy atom. The van der Waals surface area contributed by atoms with E-state index in [-0.39, 0.29) is 25.3 Å². The van der Waals surface area contributed by atoms with Gasteiger partial charge in [0, 0.05) is 13.1 Å². The van der Waals surface area contributed by atoms with Crippen LogP contribution in [0.2, 0.25) is 0 Å². The summed E-state index contributed by atoms with van der Waals surface area (Å²) < 4.78 is 5.49. The predicted molar refractivity (Wildman–Crippen MR) is 79.4 cm³/mol. The molecule has 8 heteroatoms. The van der Waals surface area contributed by atoms with Crippen LogP contribution < -0.4 is 4.74 Å². The number of hydrogen-bond acceptors (Lipinski definition) is 7. The van der Waals surface area contributed by atoms with Gasteiger partial charge in [0.1, 0.15) is 24.6 Å². The van der Waals surface area contributed by atoms with Crippen LogP contribution in [0, 0.1) is 0 Å². The fourth-order valence-corrected chi connectivity index (χ4v) is 2.61. The van der Waals surface area contributed by atoms with E-state index in [4.69, 9.17) is 9.84 Å². The van der Waals surface area contributed by atoms with Crippen LogP contribution in [0.5, 0.6) is 5.75 Å². The molecule has 0 amide bonds. The largest absolute Gasteiger partial charge is 0.492 e. The number of carboxylic acid groups (broad SMARTS) is 1. The maximum Gasteiger partial charge on any atom is 0.335 e. The Bertz CT molecular complexity index is 521. The Hall–Kier alpha value is -1.71. The molecule has 1 fully saturated rings. The van der Waals surface area contributed by atoms with Crippen LogP contribution in [0.4, 0.5) is 0 Å². The van der Waals surface area contributed by atoms with Crippen LogP contribution in [0.25, 0.3) is 0 Å². The van der Waals surface area contributed by atoms with Gasteiger partial charge in [0.05, 0.1) is 24.3 Å². The van der Waals surface area contributed by atoms with Gasteiger partial charge >= 0.3 is 5.97 Å². The molecule has 1 saturated heterocycles. The Morgan fingerprint density at radius 1 is 1.17 bits per heavy atom. The Labute approximate surface area is 133 Å². The van der Waals surface area contributed by atoms with Crippen LogP contribution in [-0.4, -0.2) is 87.1 Å². The lowest BCUT2D eigenvalue weighted by Crippen LogP contribution is -2.63. The first-order valence-corrected chi connectivity index (χ1v) is 7.29. The van der Waals surface area contributed by atoms with E-state index in [1.54, 1.807) is 4.90 Å². The summed E-state index contributed by atoms with van der Waals surface area (Å²) in [5, 5.41) is 47.3. The summed E-state index contributed by atoms with van der Waals surface area (Å²) in [5.74, 6) is -0.522. The highest BCUT2D eigenvalue weighted by Gasteiger charge is 2.40. The number of ether oxygens (including phenoxy) is 1. The number of aliphatic hydroxyl groups excluding tert-OH is 4. The number of carbonyl (C=O) groups is 1. The predicted octanol–water partition coefficient (Wildman–Crippen LogP) is -1.48. The Morgan fingerprint density at radius 3 is 2.39 bits per heavy atom. The van der Waals surface area contributed by atoms with Gasteiger partial charge in [-0.15, -0.1) is 0 Å². The van der Waals surface area contributed by atoms with E-state index in [9.17, 15) is 25.2 Å². The van der Waals surface area contributed by atoms with Gasteiger partial charge in [-0.3, -0.25) is 4.90 Å². The Kier molecular flexibility index (Phi) is 5.91. The highest BCUT2D eigenvalue weighted by molar-refractivity contribution is 5.87. The summed E-state index contributed by atoms with van der Waals surface area (Å²) in [6.07, 6.45) is -3.62. The van der Waals surface area contributed by atoms with Crippen molar-refractivity contribution in [2.45, 2.75) is 24.4 Å². The molecule has 23 heavy (non-hydrogen) atoms. The number of aromatic carboxylic acids is 1. The topological polar surface area (TPSA) is 131 Å². The molecule has 4 atom stereocenters. The fourth-order valence-electron chi connectivity index (χ4n) is 2.61. The molecule has 1 aromatic rings. The zero-order valence-electron chi connectivity index (χ0n) is 12.4. The van der Waals surface area contributed by atoms with Gasteiger partial charge in [0.2, 0.25) is 0 Å². The van der Waals surface area contributed by atoms with Crippen molar-refractivity contribution in [3.8, 4) is 5.75 Å². The van der Waals surface area contributed by atoms with Gasteiger partial charge in [-0.05, 0) is 24.3 Å². The molecule has 8 nitrogen and oxygen atoms in total. The molecular formula is C15H21NO7. The van der Waals surface area contributed by atoms with Crippen molar-refractivity contribution in [3.63, 3.8) is 0 Å². The van der Waals surface area contributed by atoms with Crippen molar-refractivity contribution in [1.82, 2.24) is 4.90 Å². The SMILES string of the molecule is O=C(O)c1ccc(OCCN2C[C@H](O)[C@@H](O)[C@H](O)[C@H]2CO)cc1. The average Bonchev–Trinajstić information content (AvgIpc) is 2.53. The molecule has 0 saturated carbocycles. The molecule has 1 aromatic carbocycles. The molecule has 0 spiro atoms. The van der Waals surface area contributed by atoms with Gasteiger partial charge in [0.25, 0.3) is 0 Å². The van der Waals surface area contributed by atoms with Gasteiger partial charge in [0.15, 0.2) is 0 Å². The molecule has 1 heterocycles. The molecule has 0 radical (unpaired) electrons. The van der Waals surface area contributed by atoms with Crippen LogP contribution in [0.3, 0.4) is 0 Å². The van der Waals surface area contributed by atoms with Crippen molar-refractivity contribution in [2.75, 3.05) is 26.3 Å². The van der Waals surface area contributed by atoms with Crippen LogP contribution in [-0.2, 0) is 0 Å². The number of likely N-dealkylation sites (tertiary alicyclic amines) is 1. The van der Waals surface area contributed by atoms with Crippen molar-refractivity contribution in [1.29, 1.82) is 0 Å². The second kappa shape index (κ2) is 7.71. The van der Waals surface area contributed by atoms with E-state index < -0.39 is 30.3 Å². The molecule has 128 valence electrons. The number of rotatable bonds is 6. The summed E-state index contributed by atoms with van der Waals surface area (Å²) >= 11 is 0. The highest BCUT2D eigenvalue weighted by atomic mass is 16.5. The molecular weight excluding hydrogens is 306 g/mol. The third-order valence-electron chi connectivity index (χ3n) is 3.96. The lowest BCUT2D eigenvalue weighted by atomic mass is 9.94. The van der Waals surface area contributed by atoms with Gasteiger partial charge in [-0.25, -0.2) is 4.79 Å². The molecule has 5 N–H and O–H groups in total. The maximum absolute atomic E-state index is 10.8. The summed E-state index contributed by atoms with van der Waals surface area (Å²) in [6.45, 7) is 0.314. The number of nitrogens with zero attached hydrogens (tertiary/aromatic N) is 1. The lowest BCUT2D eigenvalue weighted by molar-refractivity contribution is -0.146. The molecule has 0 aromatic heterocycles. The molecule has 1 aliphatic rings. The summed E-state index contributed by atoms with van der Waals surface area (Å²) in [6, 6.07) is 5.26. The zero-order chi connectivity index (χ0) is 17.0. The van der Waals surface area contributed by atoms with Crippen LogP contribution in [0.15, 0.2) is 24.3 Å². The summed E-state index contributed by atoms with van der Waals surface area (Å²) in [4.78, 5) is 12.4. The van der Waals surface area contributed by atoms with E-state index in [0.29, 0.717) is 12.3 Å². The number of carboxylic acids is 1. The third kappa shape index (κ3) is 4.18. The first-order valence-electron chi connectivity index (χ1n) is 7.29. The molecule has 0 bridgehead atoms.